The zero-order valence-corrected chi connectivity index (χ0v) is 6.30. The lowest BCUT2D eigenvalue weighted by atomic mass is 10.5. The van der Waals surface area contributed by atoms with E-state index in [0.717, 1.165) is 0 Å². The first-order chi connectivity index (χ1) is 5.18. The predicted octanol–water partition coefficient (Wildman–Crippen LogP) is 0.903. The van der Waals surface area contributed by atoms with Crippen LogP contribution in [0, 0.1) is 6.92 Å². The molecule has 1 aromatic rings. The number of hydrogen-bond donors (Lipinski definition) is 1. The van der Waals surface area contributed by atoms with E-state index in [4.69, 9.17) is 11.6 Å². The summed E-state index contributed by atoms with van der Waals surface area (Å²) in [6, 6.07) is 3.07. The van der Waals surface area contributed by atoms with E-state index in [1.54, 1.807) is 6.07 Å². The molecule has 57 valence electrons. The van der Waals surface area contributed by atoms with Gasteiger partial charge >= 0.3 is 0 Å². The van der Waals surface area contributed by atoms with Gasteiger partial charge in [0.25, 0.3) is 0 Å². The van der Waals surface area contributed by atoms with Crippen molar-refractivity contribution in [1.82, 2.24) is 10.2 Å². The van der Waals surface area contributed by atoms with E-state index < -0.39 is 5.91 Å². The molecule has 1 N–H and O–H groups in total. The van der Waals surface area contributed by atoms with Gasteiger partial charge in [0.15, 0.2) is 11.0 Å². The summed E-state index contributed by atoms with van der Waals surface area (Å²) in [7, 11) is 0. The molecule has 1 radical (unpaired) electrons. The molecule has 0 saturated carbocycles. The summed E-state index contributed by atoms with van der Waals surface area (Å²) in [5, 5.41) is 9.70. The number of carbonyl (C=O) groups is 1. The maximum atomic E-state index is 10.4. The van der Waals surface area contributed by atoms with Crippen molar-refractivity contribution in [3.05, 3.63) is 24.2 Å². The summed E-state index contributed by atoms with van der Waals surface area (Å²) < 4.78 is 0. The zero-order chi connectivity index (χ0) is 8.27. The van der Waals surface area contributed by atoms with E-state index in [1.165, 1.54) is 6.07 Å². The Labute approximate surface area is 68.6 Å². The number of anilines is 1. The standard InChI is InChI=1S/C6H5ClN3O/c1-4(11)8-6-3-2-5(7)9-10-6/h2-3H,1H2,(H,8,10,11). The molecule has 1 aromatic heterocycles. The Morgan fingerprint density at radius 2 is 2.27 bits per heavy atom. The maximum Gasteiger partial charge on any atom is 0.226 e. The van der Waals surface area contributed by atoms with E-state index >= 15 is 0 Å². The molecule has 5 heteroatoms. The molecule has 11 heavy (non-hydrogen) atoms. The Balaban J connectivity index is 2.74. The second-order valence-electron chi connectivity index (χ2n) is 1.79. The van der Waals surface area contributed by atoms with Crippen LogP contribution >= 0.6 is 11.6 Å². The summed E-state index contributed by atoms with van der Waals surface area (Å²) in [6.45, 7) is 3.11. The highest BCUT2D eigenvalue weighted by molar-refractivity contribution is 6.29. The lowest BCUT2D eigenvalue weighted by Gasteiger charge is -1.97. The number of hydrogen-bond acceptors (Lipinski definition) is 3. The zero-order valence-electron chi connectivity index (χ0n) is 5.54. The van der Waals surface area contributed by atoms with E-state index in [0.29, 0.717) is 5.82 Å². The topological polar surface area (TPSA) is 54.9 Å². The minimum atomic E-state index is -0.429. The van der Waals surface area contributed by atoms with Gasteiger partial charge in [-0.2, -0.15) is 0 Å². The van der Waals surface area contributed by atoms with Gasteiger partial charge in [-0.1, -0.05) is 11.6 Å². The average Bonchev–Trinajstić information content (AvgIpc) is 1.93. The molecule has 0 aromatic carbocycles. The number of carbonyl (C=O) groups excluding carboxylic acids is 1. The first-order valence-corrected chi connectivity index (χ1v) is 3.18. The highest BCUT2D eigenvalue weighted by Gasteiger charge is 1.96. The maximum absolute atomic E-state index is 10.4. The first kappa shape index (κ1) is 7.94. The SMILES string of the molecule is [CH2]C(=O)Nc1ccc(Cl)nn1. The molecular weight excluding hydrogens is 166 g/mol. The second-order valence-corrected chi connectivity index (χ2v) is 2.18. The van der Waals surface area contributed by atoms with Crippen LogP contribution in [0.4, 0.5) is 5.82 Å². The van der Waals surface area contributed by atoms with Crippen molar-refractivity contribution in [2.45, 2.75) is 0 Å². The highest BCUT2D eigenvalue weighted by Crippen LogP contribution is 2.05. The Morgan fingerprint density at radius 3 is 2.73 bits per heavy atom. The number of rotatable bonds is 1. The van der Waals surface area contributed by atoms with Gasteiger partial charge in [-0.15, -0.1) is 10.2 Å². The highest BCUT2D eigenvalue weighted by atomic mass is 35.5. The van der Waals surface area contributed by atoms with Gasteiger partial charge in [0.2, 0.25) is 5.91 Å². The third-order valence-electron chi connectivity index (χ3n) is 0.899. The largest absolute Gasteiger partial charge is 0.309 e. The van der Waals surface area contributed by atoms with Crippen molar-refractivity contribution < 1.29 is 4.79 Å². The summed E-state index contributed by atoms with van der Waals surface area (Å²) in [5.41, 5.74) is 0. The van der Waals surface area contributed by atoms with Crippen molar-refractivity contribution >= 4 is 23.3 Å². The molecule has 1 heterocycles. The van der Waals surface area contributed by atoms with Crippen molar-refractivity contribution in [3.8, 4) is 0 Å². The molecule has 0 spiro atoms. The average molecular weight is 171 g/mol. The minimum Gasteiger partial charge on any atom is -0.309 e. The number of halogens is 1. The molecule has 0 aliphatic carbocycles. The number of nitrogens with zero attached hydrogens (tertiary/aromatic N) is 2. The molecule has 0 aliphatic rings. The first-order valence-electron chi connectivity index (χ1n) is 2.80. The van der Waals surface area contributed by atoms with Gasteiger partial charge in [-0.05, 0) is 12.1 Å². The third kappa shape index (κ3) is 2.51. The molecule has 0 fully saturated rings. The molecule has 0 saturated heterocycles. The van der Waals surface area contributed by atoms with Gasteiger partial charge in [-0.3, -0.25) is 4.79 Å². The number of nitrogens with one attached hydrogen (secondary N) is 1. The monoisotopic (exact) mass is 170 g/mol. The molecular formula is C6H5ClN3O. The lowest BCUT2D eigenvalue weighted by Crippen LogP contribution is -2.07. The number of aromatic nitrogens is 2. The Hall–Kier alpha value is -1.16. The van der Waals surface area contributed by atoms with Crippen LogP contribution in [0.1, 0.15) is 0 Å². The molecule has 1 amide bonds. The van der Waals surface area contributed by atoms with Crippen molar-refractivity contribution in [2.24, 2.45) is 0 Å². The minimum absolute atomic E-state index is 0.284. The Morgan fingerprint density at radius 1 is 1.55 bits per heavy atom. The molecule has 0 atom stereocenters. The molecule has 0 aliphatic heterocycles. The van der Waals surface area contributed by atoms with Gasteiger partial charge in [0.1, 0.15) is 0 Å². The summed E-state index contributed by atoms with van der Waals surface area (Å²) in [6.07, 6.45) is 0. The fourth-order valence-corrected chi connectivity index (χ4v) is 0.626. The summed E-state index contributed by atoms with van der Waals surface area (Å²) in [4.78, 5) is 10.4. The van der Waals surface area contributed by atoms with Crippen LogP contribution in [-0.4, -0.2) is 16.1 Å². The van der Waals surface area contributed by atoms with E-state index in [1.807, 2.05) is 0 Å². The Kier molecular flexibility index (Phi) is 2.38. The smallest absolute Gasteiger partial charge is 0.226 e. The fraction of sp³-hybridized carbons (Fsp3) is 0. The van der Waals surface area contributed by atoms with Gasteiger partial charge < -0.3 is 5.32 Å². The molecule has 0 bridgehead atoms. The van der Waals surface area contributed by atoms with Crippen LogP contribution in [-0.2, 0) is 4.79 Å². The van der Waals surface area contributed by atoms with Crippen LogP contribution in [0.5, 0.6) is 0 Å². The van der Waals surface area contributed by atoms with Crippen LogP contribution in [0.2, 0.25) is 5.15 Å². The van der Waals surface area contributed by atoms with E-state index in [9.17, 15) is 4.79 Å². The fourth-order valence-electron chi connectivity index (χ4n) is 0.526. The Bertz CT molecular complexity index is 259. The number of amides is 1. The normalized spacial score (nSPS) is 9.27. The lowest BCUT2D eigenvalue weighted by molar-refractivity contribution is -0.112. The predicted molar refractivity (Wildman–Crippen MR) is 41.0 cm³/mol. The van der Waals surface area contributed by atoms with E-state index in [2.05, 4.69) is 22.4 Å². The van der Waals surface area contributed by atoms with Crippen LogP contribution in [0.3, 0.4) is 0 Å². The molecule has 4 nitrogen and oxygen atoms in total. The summed E-state index contributed by atoms with van der Waals surface area (Å²) in [5.74, 6) is -0.0870. The van der Waals surface area contributed by atoms with Gasteiger partial charge in [0, 0.05) is 6.92 Å². The van der Waals surface area contributed by atoms with Gasteiger partial charge in [-0.25, -0.2) is 0 Å². The van der Waals surface area contributed by atoms with Crippen LogP contribution in [0.25, 0.3) is 0 Å². The van der Waals surface area contributed by atoms with Crippen LogP contribution in [0.15, 0.2) is 12.1 Å². The second kappa shape index (κ2) is 3.30. The van der Waals surface area contributed by atoms with Crippen molar-refractivity contribution in [2.75, 3.05) is 5.32 Å². The van der Waals surface area contributed by atoms with Gasteiger partial charge in [0.05, 0.1) is 0 Å². The molecule has 1 rings (SSSR count). The molecule has 0 unspecified atom stereocenters. The third-order valence-corrected chi connectivity index (χ3v) is 1.10. The van der Waals surface area contributed by atoms with Crippen molar-refractivity contribution in [3.63, 3.8) is 0 Å². The van der Waals surface area contributed by atoms with Crippen LogP contribution < -0.4 is 5.32 Å². The summed E-state index contributed by atoms with van der Waals surface area (Å²) >= 11 is 5.45. The van der Waals surface area contributed by atoms with E-state index in [-0.39, 0.29) is 5.15 Å². The van der Waals surface area contributed by atoms with Crippen molar-refractivity contribution in [1.29, 1.82) is 0 Å². The quantitative estimate of drug-likeness (QED) is 0.682.